The lowest BCUT2D eigenvalue weighted by Crippen LogP contribution is -2.38. The quantitative estimate of drug-likeness (QED) is 0.580. The fourth-order valence-corrected chi connectivity index (χ4v) is 2.54. The van der Waals surface area contributed by atoms with E-state index >= 15 is 0 Å². The molecule has 1 amide bonds. The van der Waals surface area contributed by atoms with Gasteiger partial charge in [-0.15, -0.1) is 0 Å². The van der Waals surface area contributed by atoms with Gasteiger partial charge >= 0.3 is 6.09 Å². The third-order valence-electron chi connectivity index (χ3n) is 1.91. The van der Waals surface area contributed by atoms with E-state index in [0.717, 1.165) is 0 Å². The van der Waals surface area contributed by atoms with Crippen molar-refractivity contribution in [3.8, 4) is 0 Å². The van der Waals surface area contributed by atoms with Crippen LogP contribution >= 0.6 is 0 Å². The summed E-state index contributed by atoms with van der Waals surface area (Å²) in [5, 5.41) is 0. The Morgan fingerprint density at radius 3 is 2.82 bits per heavy atom. The molecular weight excluding hydrogens is 158 g/mol. The first-order valence-electron chi connectivity index (χ1n) is 3.74. The van der Waals surface area contributed by atoms with Crippen LogP contribution in [0, 0.1) is 0 Å². The molecule has 3 nitrogen and oxygen atoms in total. The van der Waals surface area contributed by atoms with E-state index in [-0.39, 0.29) is 6.09 Å². The first-order valence-corrected chi connectivity index (χ1v) is 6.72. The van der Waals surface area contributed by atoms with E-state index in [0.29, 0.717) is 12.3 Å². The van der Waals surface area contributed by atoms with Gasteiger partial charge in [-0.05, 0) is 0 Å². The number of nitrogens with zero attached hydrogens (tertiary/aromatic N) is 1. The molecule has 1 aliphatic rings. The average molecular weight is 171 g/mol. The van der Waals surface area contributed by atoms with Gasteiger partial charge in [0.1, 0.15) is 6.61 Å². The third kappa shape index (κ3) is 1.45. The Labute approximate surface area is 68.2 Å². The maximum absolute atomic E-state index is 11.0. The molecule has 0 N–H and O–H groups in total. The SMILES string of the molecule is C=CN1C(=O)OCC1[SiH](C)C. The minimum atomic E-state index is -0.828. The highest BCUT2D eigenvalue weighted by Crippen LogP contribution is 2.14. The second-order valence-electron chi connectivity index (χ2n) is 2.98. The molecule has 1 atom stereocenters. The van der Waals surface area contributed by atoms with Crippen LogP contribution in [0.3, 0.4) is 0 Å². The molecule has 4 heteroatoms. The predicted octanol–water partition coefficient (Wildman–Crippen LogP) is 0.977. The Balaban J connectivity index is 2.68. The van der Waals surface area contributed by atoms with Crippen molar-refractivity contribution < 1.29 is 9.53 Å². The molecule has 11 heavy (non-hydrogen) atoms. The molecule has 1 fully saturated rings. The molecule has 1 aliphatic heterocycles. The third-order valence-corrected chi connectivity index (χ3v) is 3.96. The van der Waals surface area contributed by atoms with E-state index in [1.807, 2.05) is 0 Å². The molecule has 1 rings (SSSR count). The molecular formula is C7H13NO2Si. The Kier molecular flexibility index (Phi) is 2.33. The smallest absolute Gasteiger partial charge is 0.413 e. The summed E-state index contributed by atoms with van der Waals surface area (Å²) in [5.41, 5.74) is 0.306. The van der Waals surface area contributed by atoms with Gasteiger partial charge in [-0.1, -0.05) is 19.7 Å². The van der Waals surface area contributed by atoms with Crippen LogP contribution in [0.2, 0.25) is 13.1 Å². The number of ether oxygens (including phenoxy) is 1. The van der Waals surface area contributed by atoms with Crippen molar-refractivity contribution in [3.05, 3.63) is 12.8 Å². The maximum Gasteiger partial charge on any atom is 0.413 e. The van der Waals surface area contributed by atoms with Crippen LogP contribution in [-0.4, -0.2) is 32.1 Å². The molecule has 0 spiro atoms. The summed E-state index contributed by atoms with van der Waals surface area (Å²) in [6, 6.07) is 0. The lowest BCUT2D eigenvalue weighted by atomic mass is 10.6. The van der Waals surface area contributed by atoms with E-state index in [4.69, 9.17) is 4.74 Å². The zero-order valence-corrected chi connectivity index (χ0v) is 8.06. The first-order chi connectivity index (χ1) is 5.16. The number of rotatable bonds is 2. The first kappa shape index (κ1) is 8.32. The second-order valence-corrected chi connectivity index (χ2v) is 6.24. The standard InChI is InChI=1S/C7H13NO2Si/c1-4-8-6(11(2)3)5-10-7(8)9/h4,6,11H,1,5H2,2-3H3. The van der Waals surface area contributed by atoms with Crippen LogP contribution in [0.5, 0.6) is 0 Å². The topological polar surface area (TPSA) is 29.5 Å². The molecule has 0 bridgehead atoms. The number of carbonyl (C=O) groups is 1. The molecule has 0 aromatic heterocycles. The van der Waals surface area contributed by atoms with Gasteiger partial charge in [-0.3, -0.25) is 4.90 Å². The number of cyclic esters (lactones) is 1. The van der Waals surface area contributed by atoms with E-state index in [2.05, 4.69) is 19.7 Å². The van der Waals surface area contributed by atoms with Crippen LogP contribution in [0.1, 0.15) is 0 Å². The van der Waals surface area contributed by atoms with Crippen LogP contribution in [0.4, 0.5) is 4.79 Å². The van der Waals surface area contributed by atoms with Crippen molar-refractivity contribution in [1.29, 1.82) is 0 Å². The highest BCUT2D eigenvalue weighted by molar-refractivity contribution is 6.58. The molecule has 0 radical (unpaired) electrons. The van der Waals surface area contributed by atoms with Crippen molar-refractivity contribution in [2.75, 3.05) is 6.61 Å². The van der Waals surface area contributed by atoms with Crippen LogP contribution in [0.15, 0.2) is 12.8 Å². The summed E-state index contributed by atoms with van der Waals surface area (Å²) < 4.78 is 4.88. The van der Waals surface area contributed by atoms with Gasteiger partial charge < -0.3 is 4.74 Å². The van der Waals surface area contributed by atoms with Gasteiger partial charge in [-0.2, -0.15) is 0 Å². The summed E-state index contributed by atoms with van der Waals surface area (Å²) in [6.45, 7) is 8.52. The molecule has 0 saturated carbocycles. The highest BCUT2D eigenvalue weighted by Gasteiger charge is 2.33. The van der Waals surface area contributed by atoms with Crippen molar-refractivity contribution in [3.63, 3.8) is 0 Å². The molecule has 0 aliphatic carbocycles. The summed E-state index contributed by atoms with van der Waals surface area (Å²) in [4.78, 5) is 12.6. The molecule has 62 valence electrons. The monoisotopic (exact) mass is 171 g/mol. The predicted molar refractivity (Wildman–Crippen MR) is 46.0 cm³/mol. The lowest BCUT2D eigenvalue weighted by Gasteiger charge is -2.18. The fourth-order valence-electron chi connectivity index (χ4n) is 1.17. The summed E-state index contributed by atoms with van der Waals surface area (Å²) in [6.07, 6.45) is 1.32. The summed E-state index contributed by atoms with van der Waals surface area (Å²) in [7, 11) is -0.828. The van der Waals surface area contributed by atoms with Crippen LogP contribution < -0.4 is 0 Å². The zero-order valence-electron chi connectivity index (χ0n) is 6.91. The van der Waals surface area contributed by atoms with E-state index < -0.39 is 8.80 Å². The average Bonchev–Trinajstić information content (AvgIpc) is 2.30. The molecule has 1 heterocycles. The molecule has 0 aromatic carbocycles. The van der Waals surface area contributed by atoms with Crippen LogP contribution in [-0.2, 0) is 4.74 Å². The van der Waals surface area contributed by atoms with Crippen molar-refractivity contribution in [2.24, 2.45) is 0 Å². The number of carbonyl (C=O) groups excluding carboxylic acids is 1. The lowest BCUT2D eigenvalue weighted by molar-refractivity contribution is 0.166. The maximum atomic E-state index is 11.0. The minimum absolute atomic E-state index is 0.244. The Morgan fingerprint density at radius 2 is 2.45 bits per heavy atom. The Morgan fingerprint density at radius 1 is 1.82 bits per heavy atom. The van der Waals surface area contributed by atoms with Gasteiger partial charge in [0, 0.05) is 6.20 Å². The van der Waals surface area contributed by atoms with Gasteiger partial charge in [0.25, 0.3) is 0 Å². The summed E-state index contributed by atoms with van der Waals surface area (Å²) >= 11 is 0. The number of hydrogen-bond donors (Lipinski definition) is 0. The second kappa shape index (κ2) is 3.09. The zero-order chi connectivity index (χ0) is 8.43. The Hall–Kier alpha value is -0.773. The number of hydrogen-bond acceptors (Lipinski definition) is 2. The largest absolute Gasteiger partial charge is 0.447 e. The van der Waals surface area contributed by atoms with Crippen molar-refractivity contribution in [1.82, 2.24) is 4.90 Å². The van der Waals surface area contributed by atoms with Gasteiger partial charge in [0.15, 0.2) is 0 Å². The molecule has 1 saturated heterocycles. The molecule has 1 unspecified atom stereocenters. The van der Waals surface area contributed by atoms with E-state index in [1.165, 1.54) is 0 Å². The van der Waals surface area contributed by atoms with E-state index in [1.54, 1.807) is 11.1 Å². The highest BCUT2D eigenvalue weighted by atomic mass is 28.3. The van der Waals surface area contributed by atoms with Crippen molar-refractivity contribution >= 4 is 14.9 Å². The van der Waals surface area contributed by atoms with Gasteiger partial charge in [-0.25, -0.2) is 4.79 Å². The van der Waals surface area contributed by atoms with E-state index in [9.17, 15) is 4.79 Å². The Bertz CT molecular complexity index is 181. The van der Waals surface area contributed by atoms with Crippen molar-refractivity contribution in [2.45, 2.75) is 18.8 Å². The van der Waals surface area contributed by atoms with Crippen LogP contribution in [0.25, 0.3) is 0 Å². The van der Waals surface area contributed by atoms with Gasteiger partial charge in [0.05, 0.1) is 14.5 Å². The number of amides is 1. The summed E-state index contributed by atoms with van der Waals surface area (Å²) in [5.74, 6) is 0. The molecule has 0 aromatic rings. The fraction of sp³-hybridized carbons (Fsp3) is 0.571. The normalized spacial score (nSPS) is 24.1. The van der Waals surface area contributed by atoms with Gasteiger partial charge in [0.2, 0.25) is 0 Å². The minimum Gasteiger partial charge on any atom is -0.447 e.